The predicted octanol–water partition coefficient (Wildman–Crippen LogP) is 0.395. The van der Waals surface area contributed by atoms with Crippen LogP contribution < -0.4 is 0 Å². The minimum Gasteiger partial charge on any atom is -0.413 e. The molecule has 0 saturated heterocycles. The lowest BCUT2D eigenvalue weighted by atomic mass is 11.2. The van der Waals surface area contributed by atoms with Crippen LogP contribution in [0.25, 0.3) is 0 Å². The molecule has 9 heavy (non-hydrogen) atoms. The van der Waals surface area contributed by atoms with E-state index in [1.807, 2.05) is 0 Å². The van der Waals surface area contributed by atoms with Crippen LogP contribution in [0, 0.1) is 0 Å². The molecule has 1 atom stereocenters. The van der Waals surface area contributed by atoms with Crippen LogP contribution in [0.3, 0.4) is 0 Å². The molecular formula is C3H9O4PSi. The number of rotatable bonds is 4. The Morgan fingerprint density at radius 3 is 2.78 bits per heavy atom. The zero-order valence-corrected chi connectivity index (χ0v) is 7.42. The van der Waals surface area contributed by atoms with Crippen LogP contribution >= 0.6 is 7.82 Å². The van der Waals surface area contributed by atoms with Gasteiger partial charge in [-0.3, -0.25) is 4.89 Å². The monoisotopic (exact) mass is 168 g/mol. The third-order valence-corrected chi connectivity index (χ3v) is 3.25. The molecule has 0 aromatic heterocycles. The van der Waals surface area contributed by atoms with Crippen LogP contribution in [0.2, 0.25) is 6.55 Å². The van der Waals surface area contributed by atoms with Gasteiger partial charge in [-0.1, -0.05) is 13.1 Å². The van der Waals surface area contributed by atoms with E-state index in [1.165, 1.54) is 0 Å². The molecule has 0 radical (unpaired) electrons. The lowest BCUT2D eigenvalue weighted by Gasteiger charge is -2.06. The minimum atomic E-state index is -3.75. The van der Waals surface area contributed by atoms with Gasteiger partial charge in [-0.15, -0.1) is 0 Å². The van der Waals surface area contributed by atoms with Crippen LogP contribution in [0.4, 0.5) is 0 Å². The highest BCUT2D eigenvalue weighted by Gasteiger charge is 2.17. The van der Waals surface area contributed by atoms with Crippen molar-refractivity contribution in [2.24, 2.45) is 0 Å². The number of phosphoric ester groups is 1. The van der Waals surface area contributed by atoms with Crippen LogP contribution in [-0.4, -0.2) is 14.7 Å². The molecule has 0 heterocycles. The minimum absolute atomic E-state index is 0.894. The third-order valence-electron chi connectivity index (χ3n) is 0.500. The van der Waals surface area contributed by atoms with Crippen molar-refractivity contribution < 1.29 is 18.2 Å². The fourth-order valence-corrected chi connectivity index (χ4v) is 2.02. The molecule has 0 fully saturated rings. The Bertz CT molecular complexity index is 136. The van der Waals surface area contributed by atoms with Crippen LogP contribution in [0.5, 0.6) is 0 Å². The lowest BCUT2D eigenvalue weighted by molar-refractivity contribution is 0.272. The Morgan fingerprint density at radius 1 is 1.89 bits per heavy atom. The van der Waals surface area contributed by atoms with E-state index < -0.39 is 17.6 Å². The van der Waals surface area contributed by atoms with Crippen molar-refractivity contribution in [1.29, 1.82) is 0 Å². The molecule has 1 N–H and O–H groups in total. The average Bonchev–Trinajstić information content (AvgIpc) is 1.64. The first-order valence-electron chi connectivity index (χ1n) is 2.39. The highest BCUT2D eigenvalue weighted by Crippen LogP contribution is 2.42. The highest BCUT2D eigenvalue weighted by atomic mass is 31.2. The summed E-state index contributed by atoms with van der Waals surface area (Å²) < 4.78 is 19.1. The maximum absolute atomic E-state index is 10.5. The topological polar surface area (TPSA) is 55.8 Å². The molecule has 1 unspecified atom stereocenters. The quantitative estimate of drug-likeness (QED) is 0.375. The Hall–Kier alpha value is -0.0931. The first-order chi connectivity index (χ1) is 4.12. The summed E-state index contributed by atoms with van der Waals surface area (Å²) in [4.78, 5) is 8.59. The summed E-state index contributed by atoms with van der Waals surface area (Å²) in [5.74, 6) is 0. The van der Waals surface area contributed by atoms with Crippen molar-refractivity contribution in [2.75, 3.05) is 0 Å². The van der Waals surface area contributed by atoms with Crippen LogP contribution in [0.15, 0.2) is 12.8 Å². The Morgan fingerprint density at radius 2 is 2.44 bits per heavy atom. The van der Waals surface area contributed by atoms with Gasteiger partial charge in [0.25, 0.3) is 0 Å². The molecule has 0 aliphatic heterocycles. The molecule has 0 saturated carbocycles. The average molecular weight is 168 g/mol. The third kappa shape index (κ3) is 4.41. The fraction of sp³-hybridized carbons (Fsp3) is 0.333. The molecule has 0 bridgehead atoms. The van der Waals surface area contributed by atoms with E-state index in [0.29, 0.717) is 0 Å². The molecule has 0 aliphatic carbocycles. The van der Waals surface area contributed by atoms with E-state index >= 15 is 0 Å². The Kier molecular flexibility index (Phi) is 3.80. The lowest BCUT2D eigenvalue weighted by Crippen LogP contribution is -1.91. The van der Waals surface area contributed by atoms with Crippen molar-refractivity contribution in [2.45, 2.75) is 6.55 Å². The van der Waals surface area contributed by atoms with Crippen molar-refractivity contribution in [1.82, 2.24) is 0 Å². The number of hydrogen-bond acceptors (Lipinski definition) is 3. The number of hydrogen-bond donors (Lipinski definition) is 1. The van der Waals surface area contributed by atoms with Gasteiger partial charge in [0.1, 0.15) is 0 Å². The summed E-state index contributed by atoms with van der Waals surface area (Å²) in [5, 5.41) is 0. The first-order valence-corrected chi connectivity index (χ1v) is 5.87. The molecule has 54 valence electrons. The van der Waals surface area contributed by atoms with Crippen molar-refractivity contribution in [3.63, 3.8) is 0 Å². The second-order valence-corrected chi connectivity index (χ2v) is 3.92. The van der Waals surface area contributed by atoms with E-state index in [2.05, 4.69) is 15.3 Å². The van der Waals surface area contributed by atoms with Crippen molar-refractivity contribution >= 4 is 17.6 Å². The SMILES string of the molecule is C=COP(=O)(O)O[SiH2]C. The van der Waals surface area contributed by atoms with Crippen LogP contribution in [-0.2, 0) is 13.3 Å². The molecule has 0 amide bonds. The summed E-state index contributed by atoms with van der Waals surface area (Å²) in [6.45, 7) is 4.84. The standard InChI is InChI=1S/C3H9O4PSi/c1-3-6-8(4,5)7-9-2/h3H,1,9H2,2H3,(H,4,5). The van der Waals surface area contributed by atoms with Gasteiger partial charge in [-0.25, -0.2) is 4.57 Å². The second-order valence-electron chi connectivity index (χ2n) is 1.16. The summed E-state index contributed by atoms with van der Waals surface area (Å²) in [6, 6.07) is 0. The van der Waals surface area contributed by atoms with Gasteiger partial charge in [-0.05, 0) is 0 Å². The zero-order chi connectivity index (χ0) is 7.33. The molecule has 0 aromatic carbocycles. The van der Waals surface area contributed by atoms with Crippen molar-refractivity contribution in [3.05, 3.63) is 12.8 Å². The van der Waals surface area contributed by atoms with Gasteiger partial charge in [0.15, 0.2) is 9.76 Å². The predicted molar refractivity (Wildman–Crippen MR) is 36.6 cm³/mol. The highest BCUT2D eigenvalue weighted by molar-refractivity contribution is 7.48. The maximum atomic E-state index is 10.5. The van der Waals surface area contributed by atoms with Crippen molar-refractivity contribution in [3.8, 4) is 0 Å². The van der Waals surface area contributed by atoms with E-state index in [0.717, 1.165) is 6.26 Å². The Labute approximate surface area is 56.0 Å². The smallest absolute Gasteiger partial charge is 0.413 e. The van der Waals surface area contributed by atoms with Gasteiger partial charge in [0.05, 0.1) is 6.26 Å². The van der Waals surface area contributed by atoms with Gasteiger partial charge in [0.2, 0.25) is 0 Å². The molecule has 4 nitrogen and oxygen atoms in total. The summed E-state index contributed by atoms with van der Waals surface area (Å²) in [5.41, 5.74) is 0. The van der Waals surface area contributed by atoms with Gasteiger partial charge < -0.3 is 8.74 Å². The van der Waals surface area contributed by atoms with Crippen LogP contribution in [0.1, 0.15) is 0 Å². The Balaban J connectivity index is 3.71. The van der Waals surface area contributed by atoms with E-state index in [9.17, 15) is 4.57 Å². The first kappa shape index (κ1) is 8.91. The molecule has 0 aromatic rings. The molecule has 0 aliphatic rings. The summed E-state index contributed by atoms with van der Waals surface area (Å²) >= 11 is 0. The summed E-state index contributed by atoms with van der Waals surface area (Å²) in [7, 11) is -4.65. The van der Waals surface area contributed by atoms with Gasteiger partial charge in [-0.2, -0.15) is 0 Å². The van der Waals surface area contributed by atoms with E-state index in [1.54, 1.807) is 6.55 Å². The molecule has 0 spiro atoms. The molecular weight excluding hydrogens is 159 g/mol. The maximum Gasteiger partial charge on any atom is 0.516 e. The normalized spacial score (nSPS) is 17.6. The van der Waals surface area contributed by atoms with E-state index in [-0.39, 0.29) is 0 Å². The summed E-state index contributed by atoms with van der Waals surface area (Å²) in [6.07, 6.45) is 0.894. The zero-order valence-electron chi connectivity index (χ0n) is 5.11. The molecule has 0 rings (SSSR count). The number of phosphoric acid groups is 1. The van der Waals surface area contributed by atoms with Gasteiger partial charge >= 0.3 is 7.82 Å². The second kappa shape index (κ2) is 3.84. The fourth-order valence-electron chi connectivity index (χ4n) is 0.288. The molecule has 6 heteroatoms. The largest absolute Gasteiger partial charge is 0.516 e. The van der Waals surface area contributed by atoms with Gasteiger partial charge in [0, 0.05) is 0 Å². The van der Waals surface area contributed by atoms with E-state index in [4.69, 9.17) is 4.89 Å².